The lowest BCUT2D eigenvalue weighted by Gasteiger charge is -2.08. The van der Waals surface area contributed by atoms with Gasteiger partial charge in [-0.3, -0.25) is 19.6 Å². The highest BCUT2D eigenvalue weighted by Crippen LogP contribution is 2.02. The first-order valence-corrected chi connectivity index (χ1v) is 4.21. The number of thiazole rings is 1. The summed E-state index contributed by atoms with van der Waals surface area (Å²) in [5.74, 6) is 4.54. The second-order valence-corrected chi connectivity index (χ2v) is 3.12. The van der Waals surface area contributed by atoms with Gasteiger partial charge in [0.15, 0.2) is 0 Å². The third-order valence-electron chi connectivity index (χ3n) is 1.54. The summed E-state index contributed by atoms with van der Waals surface area (Å²) >= 11 is 1.05. The van der Waals surface area contributed by atoms with Crippen molar-refractivity contribution in [2.75, 3.05) is 0 Å². The Morgan fingerprint density at radius 1 is 1.83 bits per heavy atom. The van der Waals surface area contributed by atoms with E-state index in [1.807, 2.05) is 5.43 Å². The maximum Gasteiger partial charge on any atom is 0.307 e. The molecule has 66 valence electrons. The van der Waals surface area contributed by atoms with Gasteiger partial charge in [-0.2, -0.15) is 0 Å². The second-order valence-electron chi connectivity index (χ2n) is 2.26. The highest BCUT2D eigenvalue weighted by Gasteiger charge is 2.14. The Hall–Kier alpha value is -1.14. The van der Waals surface area contributed by atoms with E-state index >= 15 is 0 Å². The zero-order valence-electron chi connectivity index (χ0n) is 6.48. The first-order valence-electron chi connectivity index (χ1n) is 3.33. The molecule has 6 heteroatoms. The van der Waals surface area contributed by atoms with Gasteiger partial charge in [0.1, 0.15) is 6.04 Å². The second kappa shape index (κ2) is 3.51. The van der Waals surface area contributed by atoms with Crippen LogP contribution in [-0.4, -0.2) is 10.5 Å². The number of nitrogens with zero attached hydrogens (tertiary/aromatic N) is 1. The number of carbonyl (C=O) groups excluding carboxylic acids is 1. The van der Waals surface area contributed by atoms with Crippen LogP contribution in [-0.2, 0) is 4.79 Å². The Kier molecular flexibility index (Phi) is 2.61. The molecule has 0 aromatic carbocycles. The lowest BCUT2D eigenvalue weighted by atomic mass is 10.3. The van der Waals surface area contributed by atoms with Crippen LogP contribution in [0.25, 0.3) is 0 Å². The van der Waals surface area contributed by atoms with Gasteiger partial charge in [0.05, 0.1) is 0 Å². The largest absolute Gasteiger partial charge is 0.307 e. The van der Waals surface area contributed by atoms with Crippen LogP contribution in [0.2, 0.25) is 0 Å². The summed E-state index contributed by atoms with van der Waals surface area (Å²) in [6.07, 6.45) is 1.56. The maximum absolute atomic E-state index is 11.0. The van der Waals surface area contributed by atoms with Crippen LogP contribution < -0.4 is 16.1 Å². The van der Waals surface area contributed by atoms with E-state index in [4.69, 9.17) is 5.84 Å². The van der Waals surface area contributed by atoms with Crippen LogP contribution in [0.15, 0.2) is 16.4 Å². The van der Waals surface area contributed by atoms with E-state index in [0.29, 0.717) is 0 Å². The van der Waals surface area contributed by atoms with Crippen molar-refractivity contribution in [2.24, 2.45) is 5.84 Å². The van der Waals surface area contributed by atoms with Gasteiger partial charge in [0.2, 0.25) is 0 Å². The minimum Gasteiger partial charge on any atom is -0.294 e. The molecule has 1 unspecified atom stereocenters. The fourth-order valence-corrected chi connectivity index (χ4v) is 1.46. The number of nitrogens with two attached hydrogens (primary N) is 1. The summed E-state index contributed by atoms with van der Waals surface area (Å²) in [5, 5.41) is 1.63. The number of hydrogen-bond donors (Lipinski definition) is 2. The van der Waals surface area contributed by atoms with Gasteiger partial charge in [-0.05, 0) is 6.92 Å². The molecule has 0 saturated heterocycles. The van der Waals surface area contributed by atoms with Crippen LogP contribution in [0.3, 0.4) is 0 Å². The van der Waals surface area contributed by atoms with Gasteiger partial charge in [0.25, 0.3) is 5.91 Å². The Morgan fingerprint density at radius 3 is 2.92 bits per heavy atom. The summed E-state index contributed by atoms with van der Waals surface area (Å²) in [4.78, 5) is 21.9. The van der Waals surface area contributed by atoms with E-state index in [0.717, 1.165) is 11.3 Å². The Balaban J connectivity index is 2.92. The summed E-state index contributed by atoms with van der Waals surface area (Å²) in [7, 11) is 0. The van der Waals surface area contributed by atoms with E-state index in [9.17, 15) is 9.59 Å². The van der Waals surface area contributed by atoms with E-state index in [-0.39, 0.29) is 10.8 Å². The van der Waals surface area contributed by atoms with Crippen molar-refractivity contribution in [1.29, 1.82) is 0 Å². The van der Waals surface area contributed by atoms with Crippen LogP contribution in [0.4, 0.5) is 0 Å². The van der Waals surface area contributed by atoms with Crippen molar-refractivity contribution >= 4 is 17.2 Å². The molecule has 3 N–H and O–H groups in total. The molecule has 0 radical (unpaired) electrons. The Labute approximate surface area is 72.8 Å². The molecule has 0 spiro atoms. The summed E-state index contributed by atoms with van der Waals surface area (Å²) in [6, 6.07) is -0.547. The van der Waals surface area contributed by atoms with Crippen LogP contribution in [0.1, 0.15) is 13.0 Å². The molecule has 0 fully saturated rings. The number of rotatable bonds is 2. The first kappa shape index (κ1) is 8.95. The first-order chi connectivity index (χ1) is 5.66. The number of carbonyl (C=O) groups is 1. The monoisotopic (exact) mass is 187 g/mol. The normalized spacial score (nSPS) is 12.5. The summed E-state index contributed by atoms with van der Waals surface area (Å²) in [5.41, 5.74) is 1.99. The molecular formula is C6H9N3O2S. The maximum atomic E-state index is 11.0. The van der Waals surface area contributed by atoms with E-state index < -0.39 is 6.04 Å². The molecule has 1 aromatic heterocycles. The fraction of sp³-hybridized carbons (Fsp3) is 0.333. The number of amides is 1. The van der Waals surface area contributed by atoms with Gasteiger partial charge in [0, 0.05) is 11.6 Å². The zero-order chi connectivity index (χ0) is 9.14. The SMILES string of the molecule is CC(C(=O)NN)n1ccsc1=O. The third kappa shape index (κ3) is 1.54. The molecule has 0 aliphatic carbocycles. The van der Waals surface area contributed by atoms with Gasteiger partial charge in [-0.25, -0.2) is 5.84 Å². The van der Waals surface area contributed by atoms with Crippen molar-refractivity contribution in [3.05, 3.63) is 21.2 Å². The van der Waals surface area contributed by atoms with Crippen LogP contribution in [0.5, 0.6) is 0 Å². The molecule has 0 bridgehead atoms. The summed E-state index contributed by atoms with van der Waals surface area (Å²) < 4.78 is 1.33. The number of hydrazine groups is 1. The molecule has 1 rings (SSSR count). The van der Waals surface area contributed by atoms with Gasteiger partial charge < -0.3 is 0 Å². The quantitative estimate of drug-likeness (QED) is 0.371. The third-order valence-corrected chi connectivity index (χ3v) is 2.21. The molecule has 1 heterocycles. The topological polar surface area (TPSA) is 77.1 Å². The highest BCUT2D eigenvalue weighted by atomic mass is 32.1. The molecule has 1 amide bonds. The number of hydrogen-bond acceptors (Lipinski definition) is 4. The van der Waals surface area contributed by atoms with Gasteiger partial charge in [-0.1, -0.05) is 11.3 Å². The lowest BCUT2D eigenvalue weighted by molar-refractivity contribution is -0.123. The predicted molar refractivity (Wildman–Crippen MR) is 45.6 cm³/mol. The molecule has 5 nitrogen and oxygen atoms in total. The van der Waals surface area contributed by atoms with E-state index in [1.54, 1.807) is 18.5 Å². The molecule has 1 aromatic rings. The lowest BCUT2D eigenvalue weighted by Crippen LogP contribution is -2.37. The molecular weight excluding hydrogens is 178 g/mol. The van der Waals surface area contributed by atoms with Crippen molar-refractivity contribution in [1.82, 2.24) is 9.99 Å². The molecule has 0 aliphatic rings. The predicted octanol–water partition coefficient (Wildman–Crippen LogP) is -0.539. The number of aromatic nitrogens is 1. The Bertz CT molecular complexity index is 330. The van der Waals surface area contributed by atoms with Crippen molar-refractivity contribution in [3.63, 3.8) is 0 Å². The van der Waals surface area contributed by atoms with E-state index in [2.05, 4.69) is 0 Å². The average molecular weight is 187 g/mol. The molecule has 0 saturated carbocycles. The minimum atomic E-state index is -0.547. The van der Waals surface area contributed by atoms with Crippen molar-refractivity contribution in [3.8, 4) is 0 Å². The molecule has 0 aliphatic heterocycles. The number of nitrogens with one attached hydrogen (secondary N) is 1. The molecule has 12 heavy (non-hydrogen) atoms. The fourth-order valence-electron chi connectivity index (χ4n) is 0.810. The van der Waals surface area contributed by atoms with Gasteiger partial charge >= 0.3 is 4.87 Å². The average Bonchev–Trinajstić information content (AvgIpc) is 2.48. The van der Waals surface area contributed by atoms with Gasteiger partial charge in [-0.15, -0.1) is 0 Å². The highest BCUT2D eigenvalue weighted by molar-refractivity contribution is 7.07. The van der Waals surface area contributed by atoms with E-state index in [1.165, 1.54) is 4.57 Å². The minimum absolute atomic E-state index is 0.161. The van der Waals surface area contributed by atoms with Crippen LogP contribution in [0, 0.1) is 0 Å². The van der Waals surface area contributed by atoms with Crippen molar-refractivity contribution < 1.29 is 4.79 Å². The standard InChI is InChI=1S/C6H9N3O2S/c1-4(5(10)8-7)9-2-3-12-6(9)11/h2-4H,7H2,1H3,(H,8,10). The van der Waals surface area contributed by atoms with Crippen LogP contribution >= 0.6 is 11.3 Å². The molecule has 1 atom stereocenters. The Morgan fingerprint density at radius 2 is 2.50 bits per heavy atom. The smallest absolute Gasteiger partial charge is 0.294 e. The van der Waals surface area contributed by atoms with Crippen molar-refractivity contribution in [2.45, 2.75) is 13.0 Å². The summed E-state index contributed by atoms with van der Waals surface area (Å²) in [6.45, 7) is 1.61. The zero-order valence-corrected chi connectivity index (χ0v) is 7.30.